The van der Waals surface area contributed by atoms with Crippen LogP contribution in [0.2, 0.25) is 0 Å². The first-order chi connectivity index (χ1) is 10.5. The van der Waals surface area contributed by atoms with E-state index in [4.69, 9.17) is 0 Å². The molecule has 4 nitrogen and oxygen atoms in total. The summed E-state index contributed by atoms with van der Waals surface area (Å²) in [4.78, 5) is 11.9. The van der Waals surface area contributed by atoms with Crippen LogP contribution in [0.4, 0.5) is 10.1 Å². The predicted molar refractivity (Wildman–Crippen MR) is 86.4 cm³/mol. The molecule has 2 rings (SSSR count). The molecule has 22 heavy (non-hydrogen) atoms. The van der Waals surface area contributed by atoms with Gasteiger partial charge in [0.25, 0.3) is 5.91 Å². The Kier molecular flexibility index (Phi) is 5.25. The van der Waals surface area contributed by atoms with Crippen molar-refractivity contribution in [2.24, 2.45) is 5.10 Å². The molecule has 0 aromatic heterocycles. The van der Waals surface area contributed by atoms with Gasteiger partial charge in [-0.05, 0) is 43.7 Å². The van der Waals surface area contributed by atoms with Crippen molar-refractivity contribution < 1.29 is 9.18 Å². The zero-order valence-corrected chi connectivity index (χ0v) is 12.5. The van der Waals surface area contributed by atoms with Gasteiger partial charge in [-0.25, -0.2) is 9.82 Å². The third kappa shape index (κ3) is 4.70. The molecule has 114 valence electrons. The highest BCUT2D eigenvalue weighted by Gasteiger charge is 2.11. The molecule has 2 N–H and O–H groups in total. The van der Waals surface area contributed by atoms with E-state index < -0.39 is 6.04 Å². The Morgan fingerprint density at radius 2 is 1.77 bits per heavy atom. The Hall–Kier alpha value is -2.69. The third-order valence-electron chi connectivity index (χ3n) is 3.09. The van der Waals surface area contributed by atoms with Crippen molar-refractivity contribution in [3.63, 3.8) is 0 Å². The van der Waals surface area contributed by atoms with E-state index >= 15 is 0 Å². The monoisotopic (exact) mass is 299 g/mol. The normalized spacial score (nSPS) is 12.1. The summed E-state index contributed by atoms with van der Waals surface area (Å²) in [6.07, 6.45) is 1.47. The molecule has 0 fully saturated rings. The van der Waals surface area contributed by atoms with Crippen molar-refractivity contribution >= 4 is 17.8 Å². The molecule has 0 aliphatic carbocycles. The Balaban J connectivity index is 1.85. The lowest BCUT2D eigenvalue weighted by Gasteiger charge is -2.13. The van der Waals surface area contributed by atoms with Gasteiger partial charge in [-0.2, -0.15) is 5.10 Å². The molecule has 2 aromatic rings. The number of nitrogens with one attached hydrogen (secondary N) is 2. The average molecular weight is 299 g/mol. The maximum Gasteiger partial charge on any atom is 0.262 e. The van der Waals surface area contributed by atoms with Gasteiger partial charge >= 0.3 is 0 Å². The number of halogens is 1. The quantitative estimate of drug-likeness (QED) is 0.658. The third-order valence-corrected chi connectivity index (χ3v) is 3.09. The summed E-state index contributed by atoms with van der Waals surface area (Å²) < 4.78 is 12.8. The van der Waals surface area contributed by atoms with Crippen LogP contribution in [0.15, 0.2) is 53.6 Å². The number of aryl methyl sites for hydroxylation is 1. The zero-order chi connectivity index (χ0) is 15.9. The van der Waals surface area contributed by atoms with Crippen molar-refractivity contribution in [3.8, 4) is 0 Å². The minimum Gasteiger partial charge on any atom is -0.374 e. The summed E-state index contributed by atoms with van der Waals surface area (Å²) >= 11 is 0. The Labute approximate surface area is 129 Å². The number of carbonyl (C=O) groups is 1. The van der Waals surface area contributed by atoms with Crippen LogP contribution in [0.3, 0.4) is 0 Å². The predicted octanol–water partition coefficient (Wildman–Crippen LogP) is 3.08. The number of hydrogen-bond donors (Lipinski definition) is 2. The van der Waals surface area contributed by atoms with Crippen molar-refractivity contribution in [2.75, 3.05) is 5.32 Å². The maximum atomic E-state index is 12.8. The van der Waals surface area contributed by atoms with Gasteiger partial charge < -0.3 is 5.32 Å². The van der Waals surface area contributed by atoms with Crippen LogP contribution in [0, 0.1) is 12.7 Å². The fraction of sp³-hybridized carbons (Fsp3) is 0.176. The molecule has 0 heterocycles. The summed E-state index contributed by atoms with van der Waals surface area (Å²) in [6, 6.07) is 13.2. The first kappa shape index (κ1) is 15.7. The smallest absolute Gasteiger partial charge is 0.262 e. The Bertz CT molecular complexity index is 651. The highest BCUT2D eigenvalue weighted by atomic mass is 19.1. The number of benzene rings is 2. The molecular formula is C17H18FN3O. The minimum absolute atomic E-state index is 0.251. The van der Waals surface area contributed by atoms with Crippen LogP contribution in [0.1, 0.15) is 18.1 Å². The van der Waals surface area contributed by atoms with Crippen molar-refractivity contribution in [3.05, 3.63) is 65.5 Å². The van der Waals surface area contributed by atoms with E-state index in [-0.39, 0.29) is 11.7 Å². The van der Waals surface area contributed by atoms with Crippen LogP contribution in [0.5, 0.6) is 0 Å². The standard InChI is InChI=1S/C17H18FN3O/c1-12-3-9-16(10-4-12)20-13(2)17(22)21-19-11-14-5-7-15(18)8-6-14/h3-11,13,20H,1-2H3,(H,21,22)/b19-11+. The SMILES string of the molecule is Cc1ccc(NC(C)C(=O)N/N=C/c2ccc(F)cc2)cc1. The number of carbonyl (C=O) groups excluding carboxylic acids is 1. The summed E-state index contributed by atoms with van der Waals surface area (Å²) in [5, 5.41) is 6.95. The minimum atomic E-state index is -0.423. The number of nitrogens with zero attached hydrogens (tertiary/aromatic N) is 1. The molecule has 2 aromatic carbocycles. The van der Waals surface area contributed by atoms with E-state index in [9.17, 15) is 9.18 Å². The second-order valence-corrected chi connectivity index (χ2v) is 5.02. The van der Waals surface area contributed by atoms with E-state index in [0.29, 0.717) is 5.56 Å². The summed E-state index contributed by atoms with van der Waals surface area (Å²) in [5.41, 5.74) is 5.19. The number of hydrogen-bond acceptors (Lipinski definition) is 3. The van der Waals surface area contributed by atoms with E-state index in [1.54, 1.807) is 19.1 Å². The lowest BCUT2D eigenvalue weighted by molar-refractivity contribution is -0.121. The highest BCUT2D eigenvalue weighted by molar-refractivity contribution is 5.86. The lowest BCUT2D eigenvalue weighted by atomic mass is 10.2. The average Bonchev–Trinajstić information content (AvgIpc) is 2.51. The van der Waals surface area contributed by atoms with Crippen LogP contribution in [-0.4, -0.2) is 18.2 Å². The highest BCUT2D eigenvalue weighted by Crippen LogP contribution is 2.09. The fourth-order valence-electron chi connectivity index (χ4n) is 1.78. The number of amides is 1. The second-order valence-electron chi connectivity index (χ2n) is 5.02. The maximum absolute atomic E-state index is 12.8. The summed E-state index contributed by atoms with van der Waals surface area (Å²) in [6.45, 7) is 3.76. The van der Waals surface area contributed by atoms with Crippen molar-refractivity contribution in [1.82, 2.24) is 5.43 Å². The van der Waals surface area contributed by atoms with Crippen LogP contribution < -0.4 is 10.7 Å². The second kappa shape index (κ2) is 7.36. The molecule has 0 aliphatic rings. The van der Waals surface area contributed by atoms with Gasteiger partial charge in [0, 0.05) is 5.69 Å². The first-order valence-corrected chi connectivity index (χ1v) is 6.96. The van der Waals surface area contributed by atoms with Gasteiger partial charge in [0.2, 0.25) is 0 Å². The van der Waals surface area contributed by atoms with E-state index in [2.05, 4.69) is 15.8 Å². The molecular weight excluding hydrogens is 281 g/mol. The molecule has 1 atom stereocenters. The summed E-state index contributed by atoms with van der Waals surface area (Å²) in [7, 11) is 0. The molecule has 0 bridgehead atoms. The van der Waals surface area contributed by atoms with Crippen LogP contribution in [0.25, 0.3) is 0 Å². The molecule has 5 heteroatoms. The zero-order valence-electron chi connectivity index (χ0n) is 12.5. The molecule has 0 spiro atoms. The number of rotatable bonds is 5. The van der Waals surface area contributed by atoms with Gasteiger partial charge in [0.05, 0.1) is 6.21 Å². The van der Waals surface area contributed by atoms with E-state index in [1.165, 1.54) is 18.3 Å². The Morgan fingerprint density at radius 3 is 2.41 bits per heavy atom. The molecule has 0 aliphatic heterocycles. The lowest BCUT2D eigenvalue weighted by Crippen LogP contribution is -2.34. The van der Waals surface area contributed by atoms with Gasteiger partial charge in [0.15, 0.2) is 0 Å². The molecule has 1 amide bonds. The van der Waals surface area contributed by atoms with Gasteiger partial charge in [-0.3, -0.25) is 4.79 Å². The summed E-state index contributed by atoms with van der Waals surface area (Å²) in [5.74, 6) is -0.559. The van der Waals surface area contributed by atoms with Gasteiger partial charge in [-0.15, -0.1) is 0 Å². The molecule has 0 radical (unpaired) electrons. The number of hydrazone groups is 1. The van der Waals surface area contributed by atoms with Crippen molar-refractivity contribution in [1.29, 1.82) is 0 Å². The number of anilines is 1. The fourth-order valence-corrected chi connectivity index (χ4v) is 1.78. The van der Waals surface area contributed by atoms with Crippen molar-refractivity contribution in [2.45, 2.75) is 19.9 Å². The molecule has 0 saturated heterocycles. The molecule has 1 unspecified atom stereocenters. The molecule has 0 saturated carbocycles. The Morgan fingerprint density at radius 1 is 1.14 bits per heavy atom. The van der Waals surface area contributed by atoms with E-state index in [1.807, 2.05) is 31.2 Å². The van der Waals surface area contributed by atoms with Crippen LogP contribution in [-0.2, 0) is 4.79 Å². The van der Waals surface area contributed by atoms with Crippen LogP contribution >= 0.6 is 0 Å². The van der Waals surface area contributed by atoms with Gasteiger partial charge in [-0.1, -0.05) is 29.8 Å². The van der Waals surface area contributed by atoms with Gasteiger partial charge in [0.1, 0.15) is 11.9 Å². The van der Waals surface area contributed by atoms with E-state index in [0.717, 1.165) is 11.3 Å². The first-order valence-electron chi connectivity index (χ1n) is 6.96. The topological polar surface area (TPSA) is 53.5 Å². The largest absolute Gasteiger partial charge is 0.374 e.